The van der Waals surface area contributed by atoms with Crippen LogP contribution in [0.3, 0.4) is 0 Å². The Morgan fingerprint density at radius 2 is 2.12 bits per heavy atom. The normalized spacial score (nSPS) is 12.0. The zero-order valence-corrected chi connectivity index (χ0v) is 11.2. The highest BCUT2D eigenvalue weighted by atomic mass is 16.5. The number of hydrogen-bond acceptors (Lipinski definition) is 3. The van der Waals surface area contributed by atoms with E-state index in [2.05, 4.69) is 18.0 Å². The summed E-state index contributed by atoms with van der Waals surface area (Å²) in [6.45, 7) is 8.14. The second-order valence-electron chi connectivity index (χ2n) is 5.05. The van der Waals surface area contributed by atoms with Crippen LogP contribution in [0.25, 0.3) is 6.08 Å². The molecule has 0 radical (unpaired) electrons. The summed E-state index contributed by atoms with van der Waals surface area (Å²) in [5.74, 6) is 0.711. The Kier molecular flexibility index (Phi) is 4.55. The van der Waals surface area contributed by atoms with Crippen molar-refractivity contribution in [1.82, 2.24) is 4.98 Å². The highest BCUT2D eigenvalue weighted by molar-refractivity contribution is 5.62. The minimum atomic E-state index is -0.228. The van der Waals surface area contributed by atoms with Gasteiger partial charge in [0.1, 0.15) is 11.4 Å². The zero-order chi connectivity index (χ0) is 12.9. The van der Waals surface area contributed by atoms with Gasteiger partial charge in [-0.15, -0.1) is 0 Å². The predicted molar refractivity (Wildman–Crippen MR) is 73.0 cm³/mol. The van der Waals surface area contributed by atoms with E-state index in [1.165, 1.54) is 0 Å². The van der Waals surface area contributed by atoms with E-state index in [1.807, 2.05) is 32.9 Å². The summed E-state index contributed by atoms with van der Waals surface area (Å²) in [4.78, 5) is 4.30. The third kappa shape index (κ3) is 4.89. The maximum Gasteiger partial charge on any atom is 0.140 e. The van der Waals surface area contributed by atoms with Crippen molar-refractivity contribution < 1.29 is 4.74 Å². The van der Waals surface area contributed by atoms with E-state index in [9.17, 15) is 0 Å². The van der Waals surface area contributed by atoms with E-state index in [1.54, 1.807) is 6.20 Å². The van der Waals surface area contributed by atoms with E-state index in [0.717, 1.165) is 18.5 Å². The van der Waals surface area contributed by atoms with Gasteiger partial charge < -0.3 is 10.5 Å². The molecule has 1 aromatic heterocycles. The van der Waals surface area contributed by atoms with E-state index in [-0.39, 0.29) is 5.60 Å². The Hall–Kier alpha value is -1.51. The molecule has 0 aliphatic carbocycles. The molecule has 0 aliphatic rings. The Morgan fingerprint density at radius 1 is 1.41 bits per heavy atom. The number of allylic oxidation sites excluding steroid dienone is 1. The van der Waals surface area contributed by atoms with Crippen molar-refractivity contribution in [1.29, 1.82) is 0 Å². The number of hydrogen-bond donors (Lipinski definition) is 1. The number of aromatic nitrogens is 1. The summed E-state index contributed by atoms with van der Waals surface area (Å²) in [6, 6.07) is 1.82. The molecule has 0 bridgehead atoms. The fraction of sp³-hybridized carbons (Fsp3) is 0.500. The topological polar surface area (TPSA) is 48.1 Å². The summed E-state index contributed by atoms with van der Waals surface area (Å²) in [6.07, 6.45) is 7.93. The van der Waals surface area contributed by atoms with Gasteiger partial charge in [-0.25, -0.2) is 0 Å². The molecule has 17 heavy (non-hydrogen) atoms. The van der Waals surface area contributed by atoms with E-state index in [0.29, 0.717) is 11.4 Å². The predicted octanol–water partition coefficient (Wildman–Crippen LogP) is 3.65. The van der Waals surface area contributed by atoms with Crippen LogP contribution in [0.5, 0.6) is 5.75 Å². The van der Waals surface area contributed by atoms with Crippen LogP contribution < -0.4 is 10.5 Å². The summed E-state index contributed by atoms with van der Waals surface area (Å²) in [7, 11) is 0. The molecule has 3 heteroatoms. The van der Waals surface area contributed by atoms with Crippen molar-refractivity contribution in [3.8, 4) is 5.75 Å². The maximum atomic E-state index is 5.93. The van der Waals surface area contributed by atoms with Gasteiger partial charge in [0, 0.05) is 6.07 Å². The summed E-state index contributed by atoms with van der Waals surface area (Å²) in [5.41, 5.74) is 7.16. The third-order valence-electron chi connectivity index (χ3n) is 2.08. The average Bonchev–Trinajstić information content (AvgIpc) is 2.19. The quantitative estimate of drug-likeness (QED) is 0.865. The van der Waals surface area contributed by atoms with Gasteiger partial charge in [0.15, 0.2) is 0 Å². The van der Waals surface area contributed by atoms with Crippen LogP contribution in [-0.2, 0) is 0 Å². The van der Waals surface area contributed by atoms with Crippen LogP contribution in [-0.4, -0.2) is 10.6 Å². The van der Waals surface area contributed by atoms with Gasteiger partial charge in [0.2, 0.25) is 0 Å². The van der Waals surface area contributed by atoms with Crippen LogP contribution in [0.4, 0.5) is 5.69 Å². The molecule has 94 valence electrons. The Bertz CT molecular complexity index is 392. The first-order valence-corrected chi connectivity index (χ1v) is 6.03. The van der Waals surface area contributed by atoms with Crippen molar-refractivity contribution in [3.63, 3.8) is 0 Å². The number of nitrogens with zero attached hydrogens (tertiary/aromatic N) is 1. The van der Waals surface area contributed by atoms with Gasteiger partial charge in [0.05, 0.1) is 17.6 Å². The molecule has 1 heterocycles. The molecular formula is C14H22N2O. The molecule has 0 spiro atoms. The lowest BCUT2D eigenvalue weighted by atomic mass is 10.2. The molecule has 0 amide bonds. The van der Waals surface area contributed by atoms with Crippen LogP contribution >= 0.6 is 0 Å². The smallest absolute Gasteiger partial charge is 0.140 e. The molecule has 0 saturated carbocycles. The number of unbranched alkanes of at least 4 members (excludes halogenated alkanes) is 1. The minimum Gasteiger partial charge on any atom is -0.486 e. The van der Waals surface area contributed by atoms with Crippen molar-refractivity contribution in [3.05, 3.63) is 24.0 Å². The molecule has 0 aliphatic heterocycles. The first-order valence-electron chi connectivity index (χ1n) is 6.03. The van der Waals surface area contributed by atoms with Gasteiger partial charge >= 0.3 is 0 Å². The number of pyridine rings is 1. The van der Waals surface area contributed by atoms with Crippen LogP contribution in [0.2, 0.25) is 0 Å². The van der Waals surface area contributed by atoms with Gasteiger partial charge in [-0.2, -0.15) is 0 Å². The lowest BCUT2D eigenvalue weighted by molar-refractivity contribution is 0.130. The Labute approximate surface area is 104 Å². The number of nitrogen functional groups attached to an aromatic ring is 1. The Morgan fingerprint density at radius 3 is 2.65 bits per heavy atom. The lowest BCUT2D eigenvalue weighted by Gasteiger charge is -2.21. The highest BCUT2D eigenvalue weighted by Crippen LogP contribution is 2.22. The van der Waals surface area contributed by atoms with Gasteiger partial charge in [0.25, 0.3) is 0 Å². The molecule has 0 atom stereocenters. The Balaban J connectivity index is 2.79. The third-order valence-corrected chi connectivity index (χ3v) is 2.08. The number of rotatable bonds is 4. The molecule has 0 saturated heterocycles. The van der Waals surface area contributed by atoms with Crippen molar-refractivity contribution >= 4 is 11.8 Å². The van der Waals surface area contributed by atoms with Gasteiger partial charge in [-0.05, 0) is 33.3 Å². The fourth-order valence-corrected chi connectivity index (χ4v) is 1.38. The SMILES string of the molecule is CCC/C=C\c1ncc(OC(C)(C)C)cc1N. The second-order valence-corrected chi connectivity index (χ2v) is 5.05. The zero-order valence-electron chi connectivity index (χ0n) is 11.2. The van der Waals surface area contributed by atoms with Gasteiger partial charge in [-0.1, -0.05) is 19.4 Å². The molecule has 1 aromatic rings. The van der Waals surface area contributed by atoms with Crippen molar-refractivity contribution in [2.45, 2.75) is 46.1 Å². The summed E-state index contributed by atoms with van der Waals surface area (Å²) in [5, 5.41) is 0. The number of ether oxygens (including phenoxy) is 1. The molecule has 0 aromatic carbocycles. The minimum absolute atomic E-state index is 0.228. The first-order chi connectivity index (χ1) is 7.92. The monoisotopic (exact) mass is 234 g/mol. The molecule has 2 N–H and O–H groups in total. The number of anilines is 1. The molecule has 0 unspecified atom stereocenters. The number of nitrogens with two attached hydrogens (primary N) is 1. The van der Waals surface area contributed by atoms with E-state index in [4.69, 9.17) is 10.5 Å². The lowest BCUT2D eigenvalue weighted by Crippen LogP contribution is -2.23. The van der Waals surface area contributed by atoms with Crippen molar-refractivity contribution in [2.24, 2.45) is 0 Å². The average molecular weight is 234 g/mol. The molecule has 0 fully saturated rings. The molecular weight excluding hydrogens is 212 g/mol. The second kappa shape index (κ2) is 5.71. The van der Waals surface area contributed by atoms with E-state index < -0.39 is 0 Å². The van der Waals surface area contributed by atoms with Crippen LogP contribution in [0.15, 0.2) is 18.3 Å². The summed E-state index contributed by atoms with van der Waals surface area (Å²) < 4.78 is 5.70. The van der Waals surface area contributed by atoms with Crippen molar-refractivity contribution in [2.75, 3.05) is 5.73 Å². The standard InChI is InChI=1S/C14H22N2O/c1-5-6-7-8-13-12(15)9-11(10-16-13)17-14(2,3)4/h7-10H,5-6,15H2,1-4H3/b8-7-. The van der Waals surface area contributed by atoms with Crippen LogP contribution in [0.1, 0.15) is 46.2 Å². The summed E-state index contributed by atoms with van der Waals surface area (Å²) >= 11 is 0. The largest absolute Gasteiger partial charge is 0.486 e. The van der Waals surface area contributed by atoms with Crippen LogP contribution in [0, 0.1) is 0 Å². The van der Waals surface area contributed by atoms with E-state index >= 15 is 0 Å². The highest BCUT2D eigenvalue weighted by Gasteiger charge is 2.12. The fourth-order valence-electron chi connectivity index (χ4n) is 1.38. The molecule has 3 nitrogen and oxygen atoms in total. The van der Waals surface area contributed by atoms with Gasteiger partial charge in [-0.3, -0.25) is 4.98 Å². The first kappa shape index (κ1) is 13.6. The molecule has 1 rings (SSSR count). The maximum absolute atomic E-state index is 5.93.